The van der Waals surface area contributed by atoms with Crippen LogP contribution in [0, 0.1) is 19.8 Å². The van der Waals surface area contributed by atoms with Crippen molar-refractivity contribution < 1.29 is 8.42 Å². The second kappa shape index (κ2) is 7.04. The summed E-state index contributed by atoms with van der Waals surface area (Å²) >= 11 is 0. The summed E-state index contributed by atoms with van der Waals surface area (Å²) in [7, 11) is -3.12. The molecule has 27 heavy (non-hydrogen) atoms. The summed E-state index contributed by atoms with van der Waals surface area (Å²) in [6, 6.07) is 10.9. The van der Waals surface area contributed by atoms with Gasteiger partial charge in [-0.25, -0.2) is 17.4 Å². The smallest absolute Gasteiger partial charge is 0.211 e. The third-order valence-electron chi connectivity index (χ3n) is 5.81. The lowest BCUT2D eigenvalue weighted by molar-refractivity contribution is 0.125. The van der Waals surface area contributed by atoms with Crippen molar-refractivity contribution in [1.29, 1.82) is 0 Å². The Bertz CT molecular complexity index is 937. The SMILES string of the molecule is Cc1cc(C)n(-c2cccc(CN3CC4CCC3CN(S(C)(=O)=O)C4)c2)n1. The van der Waals surface area contributed by atoms with Gasteiger partial charge in [0.1, 0.15) is 0 Å². The molecular weight excluding hydrogens is 360 g/mol. The van der Waals surface area contributed by atoms with Crippen molar-refractivity contribution in [3.63, 3.8) is 0 Å². The van der Waals surface area contributed by atoms with Crippen LogP contribution >= 0.6 is 0 Å². The highest BCUT2D eigenvalue weighted by atomic mass is 32.2. The predicted octanol–water partition coefficient (Wildman–Crippen LogP) is 2.34. The molecule has 2 bridgehead atoms. The van der Waals surface area contributed by atoms with Gasteiger partial charge in [0.15, 0.2) is 0 Å². The number of aromatic nitrogens is 2. The van der Waals surface area contributed by atoms with Gasteiger partial charge in [0, 0.05) is 37.9 Å². The molecule has 0 radical (unpaired) electrons. The van der Waals surface area contributed by atoms with Gasteiger partial charge in [0.05, 0.1) is 17.6 Å². The molecule has 2 aromatic rings. The highest BCUT2D eigenvalue weighted by Gasteiger charge is 2.37. The quantitative estimate of drug-likeness (QED) is 0.807. The molecule has 0 aliphatic carbocycles. The zero-order chi connectivity index (χ0) is 19.2. The molecule has 1 aromatic carbocycles. The van der Waals surface area contributed by atoms with Crippen LogP contribution in [0.25, 0.3) is 5.69 Å². The lowest BCUT2D eigenvalue weighted by atomic mass is 9.94. The molecule has 0 spiro atoms. The molecule has 0 N–H and O–H groups in total. The summed E-state index contributed by atoms with van der Waals surface area (Å²) < 4.78 is 27.8. The number of aryl methyl sites for hydroxylation is 2. The third kappa shape index (κ3) is 3.95. The zero-order valence-corrected chi connectivity index (χ0v) is 17.1. The van der Waals surface area contributed by atoms with Crippen LogP contribution in [-0.2, 0) is 16.6 Å². The van der Waals surface area contributed by atoms with Crippen LogP contribution in [0.5, 0.6) is 0 Å². The number of hydrogen-bond donors (Lipinski definition) is 0. The molecule has 3 aliphatic heterocycles. The standard InChI is InChI=1S/C20H28N4O2S/c1-15-9-16(2)24(21-15)19-6-4-5-17(10-19)11-22-12-18-7-8-20(22)14-23(13-18)27(3,25)26/h4-6,9-10,18,20H,7-8,11-14H2,1-3H3. The van der Waals surface area contributed by atoms with E-state index in [-0.39, 0.29) is 0 Å². The molecule has 5 rings (SSSR count). The van der Waals surface area contributed by atoms with E-state index in [0.717, 1.165) is 43.0 Å². The highest BCUT2D eigenvalue weighted by Crippen LogP contribution is 2.30. The van der Waals surface area contributed by atoms with Gasteiger partial charge in [0.2, 0.25) is 10.0 Å². The summed E-state index contributed by atoms with van der Waals surface area (Å²) in [6.07, 6.45) is 3.53. The van der Waals surface area contributed by atoms with Crippen molar-refractivity contribution in [2.75, 3.05) is 25.9 Å². The third-order valence-corrected chi connectivity index (χ3v) is 7.05. The van der Waals surface area contributed by atoms with Gasteiger partial charge in [-0.1, -0.05) is 12.1 Å². The summed E-state index contributed by atoms with van der Waals surface area (Å²) in [5.74, 6) is 0.428. The van der Waals surface area contributed by atoms with Crippen molar-refractivity contribution in [2.24, 2.45) is 5.92 Å². The molecule has 146 valence electrons. The van der Waals surface area contributed by atoms with Crippen LogP contribution in [0.2, 0.25) is 0 Å². The van der Waals surface area contributed by atoms with E-state index in [1.807, 2.05) is 11.6 Å². The molecule has 3 saturated heterocycles. The minimum absolute atomic E-state index is 0.302. The minimum Gasteiger partial charge on any atom is -0.294 e. The molecular formula is C20H28N4O2S. The fourth-order valence-electron chi connectivity index (χ4n) is 4.51. The van der Waals surface area contributed by atoms with Gasteiger partial charge >= 0.3 is 0 Å². The van der Waals surface area contributed by atoms with Crippen LogP contribution in [-0.4, -0.2) is 59.3 Å². The summed E-state index contributed by atoms with van der Waals surface area (Å²) in [5.41, 5.74) is 4.47. The fourth-order valence-corrected chi connectivity index (χ4v) is 5.44. The molecule has 0 saturated carbocycles. The van der Waals surface area contributed by atoms with Gasteiger partial charge in [-0.05, 0) is 56.4 Å². The largest absolute Gasteiger partial charge is 0.294 e. The monoisotopic (exact) mass is 388 g/mol. The molecule has 3 aliphatic rings. The summed E-state index contributed by atoms with van der Waals surface area (Å²) in [4.78, 5) is 2.47. The second-order valence-electron chi connectivity index (χ2n) is 8.12. The Balaban J connectivity index is 1.55. The van der Waals surface area contributed by atoms with Gasteiger partial charge in [0.25, 0.3) is 0 Å². The van der Waals surface area contributed by atoms with E-state index in [4.69, 9.17) is 0 Å². The summed E-state index contributed by atoms with van der Waals surface area (Å²) in [6.45, 7) is 7.19. The van der Waals surface area contributed by atoms with E-state index >= 15 is 0 Å². The normalized spacial score (nSPS) is 24.3. The van der Waals surface area contributed by atoms with E-state index in [1.54, 1.807) is 4.31 Å². The maximum Gasteiger partial charge on any atom is 0.211 e. The first-order chi connectivity index (χ1) is 12.8. The molecule has 2 unspecified atom stereocenters. The van der Waals surface area contributed by atoms with Gasteiger partial charge in [-0.15, -0.1) is 0 Å². The number of sulfonamides is 1. The molecule has 1 aromatic heterocycles. The Morgan fingerprint density at radius 2 is 1.93 bits per heavy atom. The Hall–Kier alpha value is -1.70. The molecule has 3 fully saturated rings. The van der Waals surface area contributed by atoms with Crippen molar-refractivity contribution in [2.45, 2.75) is 39.3 Å². The molecule has 7 heteroatoms. The summed E-state index contributed by atoms with van der Waals surface area (Å²) in [5, 5.41) is 4.59. The number of rotatable bonds is 4. The molecule has 0 amide bonds. The lowest BCUT2D eigenvalue weighted by Crippen LogP contribution is -2.43. The average Bonchev–Trinajstić information content (AvgIpc) is 2.77. The van der Waals surface area contributed by atoms with E-state index in [9.17, 15) is 8.42 Å². The van der Waals surface area contributed by atoms with Crippen molar-refractivity contribution in [1.82, 2.24) is 19.0 Å². The first-order valence-corrected chi connectivity index (χ1v) is 11.5. The maximum atomic E-state index is 12.1. The molecule has 6 nitrogen and oxygen atoms in total. The Morgan fingerprint density at radius 1 is 1.11 bits per heavy atom. The average molecular weight is 389 g/mol. The van der Waals surface area contributed by atoms with Crippen LogP contribution in [0.1, 0.15) is 29.8 Å². The molecule has 4 heterocycles. The number of piperidine rings is 1. The first kappa shape index (κ1) is 18.7. The van der Waals surface area contributed by atoms with Crippen molar-refractivity contribution in [3.05, 3.63) is 47.3 Å². The highest BCUT2D eigenvalue weighted by molar-refractivity contribution is 7.88. The van der Waals surface area contributed by atoms with Crippen LogP contribution in [0.4, 0.5) is 0 Å². The predicted molar refractivity (Wildman–Crippen MR) is 106 cm³/mol. The lowest BCUT2D eigenvalue weighted by Gasteiger charge is -2.36. The van der Waals surface area contributed by atoms with Crippen LogP contribution < -0.4 is 0 Å². The van der Waals surface area contributed by atoms with Crippen molar-refractivity contribution >= 4 is 10.0 Å². The van der Waals surface area contributed by atoms with E-state index in [0.29, 0.717) is 25.0 Å². The van der Waals surface area contributed by atoms with Gasteiger partial charge in [-0.2, -0.15) is 5.10 Å². The Labute approximate surface area is 161 Å². The minimum atomic E-state index is -3.12. The number of fused-ring (bicyclic) bond motifs is 4. The van der Waals surface area contributed by atoms with Gasteiger partial charge in [-0.3, -0.25) is 4.90 Å². The zero-order valence-electron chi connectivity index (χ0n) is 16.3. The number of nitrogens with zero attached hydrogens (tertiary/aromatic N) is 4. The Kier molecular flexibility index (Phi) is 4.86. The van der Waals surface area contributed by atoms with Crippen molar-refractivity contribution in [3.8, 4) is 5.69 Å². The van der Waals surface area contributed by atoms with E-state index in [2.05, 4.69) is 47.3 Å². The van der Waals surface area contributed by atoms with E-state index < -0.39 is 10.0 Å². The maximum absolute atomic E-state index is 12.1. The van der Waals surface area contributed by atoms with Crippen LogP contribution in [0.15, 0.2) is 30.3 Å². The topological polar surface area (TPSA) is 58.4 Å². The second-order valence-corrected chi connectivity index (χ2v) is 10.1. The van der Waals surface area contributed by atoms with E-state index in [1.165, 1.54) is 11.8 Å². The number of benzene rings is 1. The van der Waals surface area contributed by atoms with Gasteiger partial charge < -0.3 is 0 Å². The van der Waals surface area contributed by atoms with Crippen LogP contribution in [0.3, 0.4) is 0 Å². The molecule has 2 atom stereocenters. The number of hydrogen-bond acceptors (Lipinski definition) is 4. The first-order valence-electron chi connectivity index (χ1n) is 9.61. The fraction of sp³-hybridized carbons (Fsp3) is 0.550. The Morgan fingerprint density at radius 3 is 2.63 bits per heavy atom.